The van der Waals surface area contributed by atoms with Gasteiger partial charge in [0.05, 0.1) is 0 Å². The van der Waals surface area contributed by atoms with E-state index in [0.717, 1.165) is 5.56 Å². The van der Waals surface area contributed by atoms with Gasteiger partial charge in [-0.15, -0.1) is 0 Å². The van der Waals surface area contributed by atoms with E-state index in [4.69, 9.17) is 21.1 Å². The lowest BCUT2D eigenvalue weighted by atomic mass is 10.2. The first-order valence-electron chi connectivity index (χ1n) is 7.11. The van der Waals surface area contributed by atoms with E-state index in [2.05, 4.69) is 11.9 Å². The normalized spacial score (nSPS) is 10.0. The fraction of sp³-hybridized carbons (Fsp3) is 0.167. The molecule has 0 heterocycles. The summed E-state index contributed by atoms with van der Waals surface area (Å²) >= 11 is 5.89. The molecule has 1 amide bonds. The minimum absolute atomic E-state index is 0.0831. The van der Waals surface area contributed by atoms with Gasteiger partial charge in [0.2, 0.25) is 0 Å². The molecule has 0 saturated carbocycles. The first kappa shape index (κ1) is 16.9. The molecule has 120 valence electrons. The fourth-order valence-corrected chi connectivity index (χ4v) is 2.16. The number of carbonyl (C=O) groups is 1. The van der Waals surface area contributed by atoms with Crippen LogP contribution in [0.25, 0.3) is 0 Å². The average molecular weight is 332 g/mol. The lowest BCUT2D eigenvalue weighted by molar-refractivity contribution is -0.118. The molecule has 4 nitrogen and oxygen atoms in total. The van der Waals surface area contributed by atoms with Crippen molar-refractivity contribution < 1.29 is 14.3 Å². The van der Waals surface area contributed by atoms with Crippen LogP contribution in [0.4, 0.5) is 5.69 Å². The highest BCUT2D eigenvalue weighted by atomic mass is 35.5. The monoisotopic (exact) mass is 331 g/mol. The van der Waals surface area contributed by atoms with E-state index in [-0.39, 0.29) is 12.5 Å². The number of ether oxygens (including phenoxy) is 2. The molecule has 0 aliphatic rings. The molecule has 1 N–H and O–H groups in total. The highest BCUT2D eigenvalue weighted by Crippen LogP contribution is 2.22. The van der Waals surface area contributed by atoms with E-state index in [1.807, 2.05) is 13.0 Å². The van der Waals surface area contributed by atoms with Crippen LogP contribution in [-0.4, -0.2) is 19.1 Å². The van der Waals surface area contributed by atoms with Gasteiger partial charge in [0, 0.05) is 16.8 Å². The van der Waals surface area contributed by atoms with E-state index in [1.54, 1.807) is 42.5 Å². The summed E-state index contributed by atoms with van der Waals surface area (Å²) in [6, 6.07) is 12.4. The number of carbonyl (C=O) groups excluding carboxylic acids is 1. The third-order valence-corrected chi connectivity index (χ3v) is 3.22. The number of nitrogens with one attached hydrogen (secondary N) is 1. The van der Waals surface area contributed by atoms with Crippen molar-refractivity contribution in [1.82, 2.24) is 0 Å². The molecule has 0 aliphatic heterocycles. The Morgan fingerprint density at radius 1 is 1.26 bits per heavy atom. The predicted molar refractivity (Wildman–Crippen MR) is 92.4 cm³/mol. The molecular weight excluding hydrogens is 314 g/mol. The molecule has 23 heavy (non-hydrogen) atoms. The Morgan fingerprint density at radius 2 is 2.09 bits per heavy atom. The number of anilines is 1. The highest BCUT2D eigenvalue weighted by molar-refractivity contribution is 6.30. The molecule has 0 bridgehead atoms. The van der Waals surface area contributed by atoms with Gasteiger partial charge in [-0.3, -0.25) is 4.79 Å². The number of rotatable bonds is 7. The Labute approximate surface area is 140 Å². The van der Waals surface area contributed by atoms with Crippen molar-refractivity contribution in [2.75, 3.05) is 18.5 Å². The smallest absolute Gasteiger partial charge is 0.262 e. The largest absolute Gasteiger partial charge is 0.489 e. The zero-order chi connectivity index (χ0) is 16.7. The molecule has 2 aromatic rings. The first-order valence-corrected chi connectivity index (χ1v) is 7.49. The third-order valence-electron chi connectivity index (χ3n) is 2.98. The van der Waals surface area contributed by atoms with E-state index < -0.39 is 0 Å². The second kappa shape index (κ2) is 8.25. The van der Waals surface area contributed by atoms with Crippen molar-refractivity contribution in [3.05, 3.63) is 65.7 Å². The van der Waals surface area contributed by atoms with E-state index in [9.17, 15) is 4.79 Å². The molecule has 0 atom stereocenters. The number of halogens is 1. The Hall–Kier alpha value is -2.46. The van der Waals surface area contributed by atoms with Gasteiger partial charge in [0.25, 0.3) is 5.91 Å². The summed E-state index contributed by atoms with van der Waals surface area (Å²) in [5, 5.41) is 3.40. The van der Waals surface area contributed by atoms with Crippen LogP contribution in [-0.2, 0) is 4.79 Å². The highest BCUT2D eigenvalue weighted by Gasteiger charge is 2.06. The number of hydrogen-bond acceptors (Lipinski definition) is 3. The Morgan fingerprint density at radius 3 is 2.83 bits per heavy atom. The zero-order valence-electron chi connectivity index (χ0n) is 12.8. The van der Waals surface area contributed by atoms with Crippen molar-refractivity contribution in [2.45, 2.75) is 6.92 Å². The molecule has 0 radical (unpaired) electrons. The molecule has 2 aromatic carbocycles. The summed E-state index contributed by atoms with van der Waals surface area (Å²) in [6.07, 6.45) is 1.66. The average Bonchev–Trinajstić information content (AvgIpc) is 2.52. The summed E-state index contributed by atoms with van der Waals surface area (Å²) < 4.78 is 10.9. The Kier molecular flexibility index (Phi) is 6.06. The van der Waals surface area contributed by atoms with Crippen molar-refractivity contribution in [2.24, 2.45) is 0 Å². The van der Waals surface area contributed by atoms with E-state index >= 15 is 0 Å². The SMILES string of the molecule is C=CCOc1cccc(NC(=O)COc2ccc(Cl)cc2C)c1. The maximum Gasteiger partial charge on any atom is 0.262 e. The van der Waals surface area contributed by atoms with Crippen LogP contribution in [0.1, 0.15) is 5.56 Å². The third kappa shape index (κ3) is 5.34. The topological polar surface area (TPSA) is 47.6 Å². The van der Waals surface area contributed by atoms with Gasteiger partial charge in [0.15, 0.2) is 6.61 Å². The quantitative estimate of drug-likeness (QED) is 0.772. The van der Waals surface area contributed by atoms with Gasteiger partial charge in [-0.1, -0.05) is 30.3 Å². The van der Waals surface area contributed by atoms with Crippen molar-refractivity contribution in [3.8, 4) is 11.5 Å². The molecule has 0 aromatic heterocycles. The number of benzene rings is 2. The molecule has 0 unspecified atom stereocenters. The fourth-order valence-electron chi connectivity index (χ4n) is 1.93. The van der Waals surface area contributed by atoms with Crippen molar-refractivity contribution >= 4 is 23.2 Å². The van der Waals surface area contributed by atoms with Gasteiger partial charge in [-0.25, -0.2) is 0 Å². The molecule has 0 saturated heterocycles. The second-order valence-electron chi connectivity index (χ2n) is 4.87. The molecule has 2 rings (SSSR count). The van der Waals surface area contributed by atoms with E-state index in [1.165, 1.54) is 0 Å². The number of aryl methyl sites for hydroxylation is 1. The minimum Gasteiger partial charge on any atom is -0.489 e. The maximum atomic E-state index is 12.0. The van der Waals surface area contributed by atoms with Gasteiger partial charge in [-0.05, 0) is 42.8 Å². The Bertz CT molecular complexity index is 700. The number of hydrogen-bond donors (Lipinski definition) is 1. The first-order chi connectivity index (χ1) is 11.1. The van der Waals surface area contributed by atoms with Gasteiger partial charge >= 0.3 is 0 Å². The summed E-state index contributed by atoms with van der Waals surface area (Å²) in [6.45, 7) is 5.80. The van der Waals surface area contributed by atoms with Crippen LogP contribution in [0.5, 0.6) is 11.5 Å². The Balaban J connectivity index is 1.90. The van der Waals surface area contributed by atoms with Crippen LogP contribution in [0.15, 0.2) is 55.1 Å². The molecule has 5 heteroatoms. The second-order valence-corrected chi connectivity index (χ2v) is 5.31. The van der Waals surface area contributed by atoms with Crippen molar-refractivity contribution in [3.63, 3.8) is 0 Å². The minimum atomic E-state index is -0.250. The maximum absolute atomic E-state index is 12.0. The number of amides is 1. The van der Waals surface area contributed by atoms with E-state index in [0.29, 0.717) is 28.8 Å². The predicted octanol–water partition coefficient (Wildman–Crippen LogP) is 4.23. The lowest BCUT2D eigenvalue weighted by Gasteiger charge is -2.10. The standard InChI is InChI=1S/C18H18ClNO3/c1-3-9-22-16-6-4-5-15(11-16)20-18(21)12-23-17-8-7-14(19)10-13(17)2/h3-8,10-11H,1,9,12H2,2H3,(H,20,21). The molecule has 0 spiro atoms. The zero-order valence-corrected chi connectivity index (χ0v) is 13.6. The van der Waals surface area contributed by atoms with Gasteiger partial charge in [0.1, 0.15) is 18.1 Å². The van der Waals surface area contributed by atoms with Crippen molar-refractivity contribution in [1.29, 1.82) is 0 Å². The van der Waals surface area contributed by atoms with Gasteiger partial charge in [-0.2, -0.15) is 0 Å². The van der Waals surface area contributed by atoms with Crippen LogP contribution in [0.3, 0.4) is 0 Å². The van der Waals surface area contributed by atoms with Crippen LogP contribution < -0.4 is 14.8 Å². The lowest BCUT2D eigenvalue weighted by Crippen LogP contribution is -2.20. The van der Waals surface area contributed by atoms with Crippen LogP contribution in [0.2, 0.25) is 5.02 Å². The summed E-state index contributed by atoms with van der Waals surface area (Å²) in [5.74, 6) is 1.05. The summed E-state index contributed by atoms with van der Waals surface area (Å²) in [5.41, 5.74) is 1.53. The summed E-state index contributed by atoms with van der Waals surface area (Å²) in [7, 11) is 0. The van der Waals surface area contributed by atoms with Crippen LogP contribution in [0, 0.1) is 6.92 Å². The van der Waals surface area contributed by atoms with Crippen LogP contribution >= 0.6 is 11.6 Å². The molecule has 0 aliphatic carbocycles. The summed E-state index contributed by atoms with van der Waals surface area (Å²) in [4.78, 5) is 12.0. The molecule has 0 fully saturated rings. The van der Waals surface area contributed by atoms with Gasteiger partial charge < -0.3 is 14.8 Å². The molecular formula is C18H18ClNO3.